The van der Waals surface area contributed by atoms with Gasteiger partial charge in [0, 0.05) is 0 Å². The van der Waals surface area contributed by atoms with Crippen LogP contribution in [0.5, 0.6) is 11.5 Å². The lowest BCUT2D eigenvalue weighted by Gasteiger charge is -2.05. The summed E-state index contributed by atoms with van der Waals surface area (Å²) in [6.45, 7) is 0. The average Bonchev–Trinajstić information content (AvgIpc) is 2.18. The maximum Gasteiger partial charge on any atom is 0.345 e. The van der Waals surface area contributed by atoms with E-state index in [2.05, 4.69) is 9.91 Å². The van der Waals surface area contributed by atoms with E-state index in [1.165, 1.54) is 0 Å². The third-order valence-electron chi connectivity index (χ3n) is 1.62. The molecule has 0 bridgehead atoms. The van der Waals surface area contributed by atoms with Gasteiger partial charge in [-0.05, 0) is 17.3 Å². The highest BCUT2D eigenvalue weighted by Gasteiger charge is 2.20. The molecule has 0 saturated carbocycles. The second-order valence-electron chi connectivity index (χ2n) is 2.41. The topological polar surface area (TPSA) is 96.2 Å². The van der Waals surface area contributed by atoms with Crippen LogP contribution in [0.4, 0.5) is 5.69 Å². The van der Waals surface area contributed by atoms with Crippen LogP contribution in [0.1, 0.15) is 10.4 Å². The molecule has 2 N–H and O–H groups in total. The number of phenolic OH excluding ortho intramolecular Hbond substituents is 2. The second kappa shape index (κ2) is 3.73. The molecule has 0 unspecified atom stereocenters. The van der Waals surface area contributed by atoms with Crippen LogP contribution in [0.3, 0.4) is 0 Å². The van der Waals surface area contributed by atoms with Gasteiger partial charge in [0.15, 0.2) is 11.4 Å². The number of carbonyl (C=O) groups excluding carboxylic acids is 1. The van der Waals surface area contributed by atoms with Crippen molar-refractivity contribution in [1.29, 1.82) is 0 Å². The van der Waals surface area contributed by atoms with E-state index in [4.69, 9.17) is 0 Å². The number of nitroso groups, excluding NO2 is 1. The van der Waals surface area contributed by atoms with E-state index in [1.807, 2.05) is 0 Å². The van der Waals surface area contributed by atoms with E-state index in [-0.39, 0.29) is 5.69 Å². The number of carbonyl (C=O) groups is 1. The van der Waals surface area contributed by atoms with Gasteiger partial charge in [-0.15, -0.1) is 4.91 Å². The van der Waals surface area contributed by atoms with Gasteiger partial charge in [-0.25, -0.2) is 4.79 Å². The molecule has 14 heavy (non-hydrogen) atoms. The quantitative estimate of drug-likeness (QED) is 0.549. The number of methoxy groups -OCH3 is 1. The van der Waals surface area contributed by atoms with E-state index in [0.717, 1.165) is 19.2 Å². The Balaban J connectivity index is 3.39. The zero-order valence-electron chi connectivity index (χ0n) is 7.22. The van der Waals surface area contributed by atoms with Crippen LogP contribution in [0.25, 0.3) is 0 Å². The van der Waals surface area contributed by atoms with Crippen LogP contribution < -0.4 is 0 Å². The Morgan fingerprint density at radius 3 is 2.57 bits per heavy atom. The molecule has 0 amide bonds. The minimum absolute atomic E-state index is 0.330. The zero-order valence-corrected chi connectivity index (χ0v) is 7.22. The number of hydrogen-bond donors (Lipinski definition) is 2. The standard InChI is InChI=1S/C8H7NO5/c1-14-8(12)6-5(10)3-2-4(9-13)7(6)11/h2-3,10-11H,1H3. The number of nitrogens with zero attached hydrogens (tertiary/aromatic N) is 1. The molecule has 0 spiro atoms. The fourth-order valence-electron chi connectivity index (χ4n) is 0.946. The summed E-state index contributed by atoms with van der Waals surface area (Å²) in [7, 11) is 1.09. The van der Waals surface area contributed by atoms with Crippen molar-refractivity contribution < 1.29 is 19.7 Å². The largest absolute Gasteiger partial charge is 0.507 e. The predicted molar refractivity (Wildman–Crippen MR) is 46.6 cm³/mol. The van der Waals surface area contributed by atoms with E-state index in [9.17, 15) is 19.9 Å². The first-order valence-corrected chi connectivity index (χ1v) is 3.58. The van der Waals surface area contributed by atoms with Gasteiger partial charge in [0.2, 0.25) is 0 Å². The zero-order chi connectivity index (χ0) is 10.7. The Bertz CT molecular complexity index is 388. The molecule has 0 fully saturated rings. The molecule has 0 aromatic heterocycles. The van der Waals surface area contributed by atoms with E-state index in [0.29, 0.717) is 0 Å². The van der Waals surface area contributed by atoms with E-state index < -0.39 is 23.0 Å². The number of hydrogen-bond acceptors (Lipinski definition) is 6. The molecule has 1 aromatic carbocycles. The molecule has 1 rings (SSSR count). The first kappa shape index (κ1) is 9.97. The van der Waals surface area contributed by atoms with Crippen molar-refractivity contribution in [1.82, 2.24) is 0 Å². The highest BCUT2D eigenvalue weighted by Crippen LogP contribution is 2.36. The van der Waals surface area contributed by atoms with Gasteiger partial charge in [0.05, 0.1) is 7.11 Å². The number of rotatable bonds is 2. The van der Waals surface area contributed by atoms with Crippen LogP contribution in [0.15, 0.2) is 17.3 Å². The van der Waals surface area contributed by atoms with Crippen molar-refractivity contribution in [2.24, 2.45) is 5.18 Å². The smallest absolute Gasteiger partial charge is 0.345 e. The molecule has 0 aliphatic carbocycles. The van der Waals surface area contributed by atoms with E-state index in [1.54, 1.807) is 0 Å². The summed E-state index contributed by atoms with van der Waals surface area (Å²) in [4.78, 5) is 21.2. The summed E-state index contributed by atoms with van der Waals surface area (Å²) in [5, 5.41) is 21.0. The van der Waals surface area contributed by atoms with Crippen molar-refractivity contribution in [2.75, 3.05) is 7.11 Å². The van der Waals surface area contributed by atoms with Gasteiger partial charge in [0.1, 0.15) is 11.3 Å². The van der Waals surface area contributed by atoms with Gasteiger partial charge in [-0.2, -0.15) is 0 Å². The third-order valence-corrected chi connectivity index (χ3v) is 1.62. The summed E-state index contributed by atoms with van der Waals surface area (Å²) < 4.78 is 4.29. The number of benzene rings is 1. The molecule has 0 saturated heterocycles. The molecule has 1 aromatic rings. The minimum atomic E-state index is -0.939. The Morgan fingerprint density at radius 2 is 2.07 bits per heavy atom. The van der Waals surface area contributed by atoms with Crippen molar-refractivity contribution in [3.05, 3.63) is 22.6 Å². The molecule has 74 valence electrons. The molecule has 0 aliphatic heterocycles. The van der Waals surface area contributed by atoms with Crippen LogP contribution in [0, 0.1) is 4.91 Å². The summed E-state index contributed by atoms with van der Waals surface area (Å²) in [5.41, 5.74) is -0.798. The number of phenols is 2. The molecular weight excluding hydrogens is 190 g/mol. The summed E-state index contributed by atoms with van der Waals surface area (Å²) in [6.07, 6.45) is 0. The monoisotopic (exact) mass is 197 g/mol. The Morgan fingerprint density at radius 1 is 1.43 bits per heavy atom. The second-order valence-corrected chi connectivity index (χ2v) is 2.41. The maximum atomic E-state index is 11.0. The van der Waals surface area contributed by atoms with E-state index >= 15 is 0 Å². The van der Waals surface area contributed by atoms with Crippen molar-refractivity contribution in [3.8, 4) is 11.5 Å². The summed E-state index contributed by atoms with van der Waals surface area (Å²) in [6, 6.07) is 2.16. The van der Waals surface area contributed by atoms with Gasteiger partial charge in [-0.3, -0.25) is 0 Å². The summed E-state index contributed by atoms with van der Waals surface area (Å²) >= 11 is 0. The lowest BCUT2D eigenvalue weighted by molar-refractivity contribution is 0.0594. The first-order valence-electron chi connectivity index (χ1n) is 3.58. The molecule has 0 heterocycles. The molecule has 0 radical (unpaired) electrons. The van der Waals surface area contributed by atoms with Gasteiger partial charge < -0.3 is 14.9 Å². The van der Waals surface area contributed by atoms with Gasteiger partial charge in [0.25, 0.3) is 0 Å². The third kappa shape index (κ3) is 1.49. The fourth-order valence-corrected chi connectivity index (χ4v) is 0.946. The Kier molecular flexibility index (Phi) is 2.66. The van der Waals surface area contributed by atoms with Crippen molar-refractivity contribution >= 4 is 11.7 Å². The molecular formula is C8H7NO5. The van der Waals surface area contributed by atoms with Crippen LogP contribution in [0.2, 0.25) is 0 Å². The van der Waals surface area contributed by atoms with Gasteiger partial charge in [-0.1, -0.05) is 0 Å². The molecule has 6 nitrogen and oxygen atoms in total. The van der Waals surface area contributed by atoms with Crippen molar-refractivity contribution in [3.63, 3.8) is 0 Å². The minimum Gasteiger partial charge on any atom is -0.507 e. The number of aromatic hydroxyl groups is 2. The normalized spacial score (nSPS) is 9.50. The predicted octanol–water partition coefficient (Wildman–Crippen LogP) is 1.28. The molecule has 6 heteroatoms. The average molecular weight is 197 g/mol. The number of ether oxygens (including phenoxy) is 1. The molecule has 0 aliphatic rings. The van der Waals surface area contributed by atoms with Crippen LogP contribution in [-0.4, -0.2) is 23.3 Å². The fraction of sp³-hybridized carbons (Fsp3) is 0.125. The van der Waals surface area contributed by atoms with Crippen LogP contribution in [-0.2, 0) is 4.74 Å². The van der Waals surface area contributed by atoms with Gasteiger partial charge >= 0.3 is 5.97 Å². The highest BCUT2D eigenvalue weighted by molar-refractivity contribution is 5.97. The SMILES string of the molecule is COC(=O)c1c(O)ccc(N=O)c1O. The lowest BCUT2D eigenvalue weighted by Crippen LogP contribution is -2.01. The lowest BCUT2D eigenvalue weighted by atomic mass is 10.1. The number of esters is 1. The maximum absolute atomic E-state index is 11.0. The van der Waals surface area contributed by atoms with Crippen LogP contribution >= 0.6 is 0 Å². The highest BCUT2D eigenvalue weighted by atomic mass is 16.5. The van der Waals surface area contributed by atoms with Crippen molar-refractivity contribution in [2.45, 2.75) is 0 Å². The summed E-state index contributed by atoms with van der Waals surface area (Å²) in [5.74, 6) is -2.10. The molecule has 0 atom stereocenters. The Labute approximate surface area is 78.7 Å². The first-order chi connectivity index (χ1) is 6.61. The Hall–Kier alpha value is -2.11.